The number of ketones is 1. The van der Waals surface area contributed by atoms with E-state index in [9.17, 15) is 4.79 Å². The first kappa shape index (κ1) is 15.4. The van der Waals surface area contributed by atoms with Crippen molar-refractivity contribution in [1.29, 1.82) is 0 Å². The topological polar surface area (TPSA) is 17.1 Å². The number of unbranched alkanes of at least 4 members (excludes halogenated alkanes) is 1. The van der Waals surface area contributed by atoms with Gasteiger partial charge in [-0.2, -0.15) is 0 Å². The molecule has 1 saturated carbocycles. The van der Waals surface area contributed by atoms with E-state index in [4.69, 9.17) is 0 Å². The average Bonchev–Trinajstić information content (AvgIpc) is 3.24. The summed E-state index contributed by atoms with van der Waals surface area (Å²) in [6.07, 6.45) is 11.5. The summed E-state index contributed by atoms with van der Waals surface area (Å²) in [7, 11) is 0. The molecule has 1 heteroatoms. The zero-order valence-corrected chi connectivity index (χ0v) is 15.1. The Morgan fingerprint density at radius 3 is 2.92 bits per heavy atom. The molecule has 0 heterocycles. The molecule has 2 bridgehead atoms. The van der Waals surface area contributed by atoms with Crippen LogP contribution in [0.5, 0.6) is 0 Å². The minimum atomic E-state index is -0.0649. The lowest BCUT2D eigenvalue weighted by atomic mass is 9.63. The molecule has 3 aliphatic carbocycles. The Balaban J connectivity index is 1.59. The van der Waals surface area contributed by atoms with E-state index in [1.165, 1.54) is 41.2 Å². The Hall–Kier alpha value is -1.89. The third-order valence-electron chi connectivity index (χ3n) is 7.06. The summed E-state index contributed by atoms with van der Waals surface area (Å²) < 4.78 is 0. The van der Waals surface area contributed by atoms with Gasteiger partial charge in [0.2, 0.25) is 0 Å². The zero-order chi connectivity index (χ0) is 17.0. The maximum absolute atomic E-state index is 13.5. The predicted octanol–water partition coefficient (Wildman–Crippen LogP) is 6.04. The molecule has 25 heavy (non-hydrogen) atoms. The minimum Gasteiger partial charge on any atom is -0.294 e. The second kappa shape index (κ2) is 5.56. The first-order chi connectivity index (χ1) is 12.2. The number of fused-ring (bicyclic) bond motifs is 5. The molecule has 0 N–H and O–H groups in total. The number of Topliss-reactive ketones (excluding diaryl/α,β-unsaturated/α-hetero) is 1. The summed E-state index contributed by atoms with van der Waals surface area (Å²) in [5.74, 6) is 1.03. The predicted molar refractivity (Wildman–Crippen MR) is 103 cm³/mol. The largest absolute Gasteiger partial charge is 0.294 e. The molecule has 1 nitrogen and oxygen atoms in total. The highest BCUT2D eigenvalue weighted by atomic mass is 16.1. The smallest absolute Gasteiger partial charge is 0.169 e. The molecular weight excluding hydrogens is 304 g/mol. The van der Waals surface area contributed by atoms with Crippen LogP contribution in [0.4, 0.5) is 0 Å². The lowest BCUT2D eigenvalue weighted by Crippen LogP contribution is -2.39. The Morgan fingerprint density at radius 2 is 2.16 bits per heavy atom. The van der Waals surface area contributed by atoms with Crippen LogP contribution in [0.15, 0.2) is 42.0 Å². The molecule has 0 aliphatic heterocycles. The van der Waals surface area contributed by atoms with Gasteiger partial charge in [0.05, 0.1) is 0 Å². The second-order valence-electron chi connectivity index (χ2n) is 8.41. The normalized spacial score (nSPS) is 27.2. The average molecular weight is 330 g/mol. The summed E-state index contributed by atoms with van der Waals surface area (Å²) in [6, 6.07) is 11.2. The molecular formula is C24H26O. The van der Waals surface area contributed by atoms with Crippen LogP contribution in [0.3, 0.4) is 0 Å². The molecule has 128 valence electrons. The maximum atomic E-state index is 13.5. The van der Waals surface area contributed by atoms with Gasteiger partial charge in [-0.25, -0.2) is 0 Å². The fourth-order valence-electron chi connectivity index (χ4n) is 5.64. The van der Waals surface area contributed by atoms with E-state index in [0.29, 0.717) is 11.7 Å². The van der Waals surface area contributed by atoms with Crippen LogP contribution in [-0.4, -0.2) is 5.78 Å². The Bertz CT molecular complexity index is 904. The van der Waals surface area contributed by atoms with Crippen LogP contribution in [0.25, 0.3) is 10.8 Å². The zero-order valence-electron chi connectivity index (χ0n) is 15.1. The van der Waals surface area contributed by atoms with Crippen molar-refractivity contribution < 1.29 is 4.79 Å². The molecule has 0 aromatic heterocycles. The van der Waals surface area contributed by atoms with E-state index in [2.05, 4.69) is 43.3 Å². The number of hydrogen-bond acceptors (Lipinski definition) is 1. The van der Waals surface area contributed by atoms with E-state index < -0.39 is 0 Å². The fraction of sp³-hybridized carbons (Fsp3) is 0.458. The van der Waals surface area contributed by atoms with Crippen molar-refractivity contribution in [2.24, 2.45) is 11.3 Å². The number of aryl methyl sites for hydroxylation is 2. The number of carbonyl (C=O) groups excluding carboxylic acids is 1. The van der Waals surface area contributed by atoms with Crippen LogP contribution < -0.4 is 0 Å². The van der Waals surface area contributed by atoms with E-state index in [1.54, 1.807) is 5.57 Å². The molecule has 2 aromatic rings. The van der Waals surface area contributed by atoms with Gasteiger partial charge in [-0.15, -0.1) is 0 Å². The second-order valence-corrected chi connectivity index (χ2v) is 8.41. The first-order valence-corrected chi connectivity index (χ1v) is 9.98. The van der Waals surface area contributed by atoms with Gasteiger partial charge in [-0.3, -0.25) is 4.79 Å². The van der Waals surface area contributed by atoms with Gasteiger partial charge in [0.15, 0.2) is 5.78 Å². The summed E-state index contributed by atoms with van der Waals surface area (Å²) in [4.78, 5) is 13.5. The van der Waals surface area contributed by atoms with E-state index in [1.807, 2.05) is 0 Å². The monoisotopic (exact) mass is 330 g/mol. The van der Waals surface area contributed by atoms with Gasteiger partial charge in [-0.05, 0) is 78.8 Å². The van der Waals surface area contributed by atoms with Gasteiger partial charge in [-0.1, -0.05) is 49.3 Å². The van der Waals surface area contributed by atoms with Crippen molar-refractivity contribution in [2.45, 2.75) is 58.3 Å². The lowest BCUT2D eigenvalue weighted by molar-refractivity contribution is 0.0671. The highest BCUT2D eigenvalue weighted by Crippen LogP contribution is 2.58. The summed E-state index contributed by atoms with van der Waals surface area (Å²) in [5.41, 5.74) is 5.25. The minimum absolute atomic E-state index is 0.0649. The lowest BCUT2D eigenvalue weighted by Gasteiger charge is -2.39. The molecule has 2 unspecified atom stereocenters. The van der Waals surface area contributed by atoms with E-state index in [0.717, 1.165) is 37.7 Å². The quantitative estimate of drug-likeness (QED) is 0.627. The van der Waals surface area contributed by atoms with E-state index >= 15 is 0 Å². The Morgan fingerprint density at radius 1 is 1.24 bits per heavy atom. The third kappa shape index (κ3) is 2.18. The van der Waals surface area contributed by atoms with Crippen molar-refractivity contribution in [2.75, 3.05) is 0 Å². The molecule has 0 amide bonds. The molecule has 3 aliphatic rings. The van der Waals surface area contributed by atoms with Crippen LogP contribution in [0.2, 0.25) is 0 Å². The van der Waals surface area contributed by atoms with Crippen molar-refractivity contribution >= 4 is 16.6 Å². The summed E-state index contributed by atoms with van der Waals surface area (Å²) >= 11 is 0. The molecule has 1 spiro atoms. The van der Waals surface area contributed by atoms with Gasteiger partial charge < -0.3 is 0 Å². The molecule has 0 radical (unpaired) electrons. The van der Waals surface area contributed by atoms with E-state index in [-0.39, 0.29) is 5.41 Å². The Labute approximate surface area is 150 Å². The number of carbonyl (C=O) groups is 1. The highest BCUT2D eigenvalue weighted by Gasteiger charge is 2.53. The maximum Gasteiger partial charge on any atom is 0.169 e. The molecule has 2 atom stereocenters. The molecule has 2 aromatic carbocycles. The van der Waals surface area contributed by atoms with Crippen LogP contribution in [-0.2, 0) is 12.8 Å². The van der Waals surface area contributed by atoms with Gasteiger partial charge >= 0.3 is 0 Å². The van der Waals surface area contributed by atoms with Gasteiger partial charge in [0.1, 0.15) is 0 Å². The summed E-state index contributed by atoms with van der Waals surface area (Å²) in [6.45, 7) is 2.25. The van der Waals surface area contributed by atoms with Crippen molar-refractivity contribution in [3.05, 3.63) is 58.7 Å². The molecule has 5 rings (SSSR count). The fourth-order valence-corrected chi connectivity index (χ4v) is 5.64. The third-order valence-corrected chi connectivity index (χ3v) is 7.06. The number of rotatable bonds is 3. The number of allylic oxidation sites excluding steroid dienone is 2. The summed E-state index contributed by atoms with van der Waals surface area (Å²) in [5, 5.41) is 2.62. The van der Waals surface area contributed by atoms with Gasteiger partial charge in [0.25, 0.3) is 0 Å². The first-order valence-electron chi connectivity index (χ1n) is 9.98. The van der Waals surface area contributed by atoms with Gasteiger partial charge in [0, 0.05) is 11.0 Å². The molecule has 0 saturated heterocycles. The van der Waals surface area contributed by atoms with Crippen LogP contribution >= 0.6 is 0 Å². The van der Waals surface area contributed by atoms with Crippen LogP contribution in [0.1, 0.15) is 66.9 Å². The SMILES string of the molecule is CCCCc1cccc2cc3c(cc12)CCC1(CC2=CCC1C2)C3=O. The Kier molecular flexibility index (Phi) is 3.42. The number of hydrogen-bond donors (Lipinski definition) is 0. The van der Waals surface area contributed by atoms with Crippen molar-refractivity contribution in [3.8, 4) is 0 Å². The standard InChI is InChI=1S/C24H26O/c1-2-3-5-17-6-4-7-18-14-22-19(13-21(17)18)10-11-24(23(22)25)15-16-8-9-20(24)12-16/h4,6-8,13-14,20H,2-3,5,9-12,15H2,1H3. The highest BCUT2D eigenvalue weighted by molar-refractivity contribution is 6.07. The number of benzene rings is 2. The van der Waals surface area contributed by atoms with Crippen molar-refractivity contribution in [1.82, 2.24) is 0 Å². The van der Waals surface area contributed by atoms with Crippen LogP contribution in [0, 0.1) is 11.3 Å². The van der Waals surface area contributed by atoms with Crippen molar-refractivity contribution in [3.63, 3.8) is 0 Å². The molecule has 1 fully saturated rings.